The van der Waals surface area contributed by atoms with E-state index in [1.807, 2.05) is 0 Å². The van der Waals surface area contributed by atoms with Crippen molar-refractivity contribution >= 4 is 0 Å². The van der Waals surface area contributed by atoms with E-state index >= 15 is 0 Å². The average molecular weight is 267 g/mol. The highest BCUT2D eigenvalue weighted by Gasteiger charge is 1.94. The molecule has 113 valence electrons. The van der Waals surface area contributed by atoms with Gasteiger partial charge in [0.25, 0.3) is 0 Å². The molecule has 0 heterocycles. The van der Waals surface area contributed by atoms with Crippen LogP contribution in [0.3, 0.4) is 0 Å². The maximum atomic E-state index is 9.02. The molecule has 0 rings (SSSR count). The minimum atomic E-state index is -0.364. The second-order valence-electron chi connectivity index (χ2n) is 5.67. The smallest absolute Gasteiger partial charge is 0.0541 e. The zero-order chi connectivity index (χ0) is 14.2. The van der Waals surface area contributed by atoms with E-state index in [0.29, 0.717) is 0 Å². The summed E-state index contributed by atoms with van der Waals surface area (Å²) in [6.45, 7) is 5.85. The number of allylic oxidation sites excluding steroid dienone is 2. The van der Waals surface area contributed by atoms with Crippen molar-refractivity contribution < 1.29 is 5.11 Å². The average Bonchev–Trinajstić information content (AvgIpc) is 2.39. The van der Waals surface area contributed by atoms with Crippen LogP contribution >= 0.6 is 0 Å². The Labute approximate surface area is 121 Å². The van der Waals surface area contributed by atoms with Gasteiger partial charge in [-0.3, -0.25) is 0 Å². The summed E-state index contributed by atoms with van der Waals surface area (Å²) < 4.78 is 0. The topological polar surface area (TPSA) is 20.2 Å². The van der Waals surface area contributed by atoms with Gasteiger partial charge in [0, 0.05) is 0 Å². The van der Waals surface area contributed by atoms with Crippen LogP contribution in [0.15, 0.2) is 12.2 Å². The molecular formula is C18H35O. The molecule has 0 aromatic heterocycles. The number of aliphatic hydroxyl groups is 1. The Morgan fingerprint density at radius 1 is 0.789 bits per heavy atom. The van der Waals surface area contributed by atoms with E-state index in [1.165, 1.54) is 70.6 Å². The van der Waals surface area contributed by atoms with Gasteiger partial charge >= 0.3 is 0 Å². The van der Waals surface area contributed by atoms with Crippen LogP contribution in [0.2, 0.25) is 0 Å². The highest BCUT2D eigenvalue weighted by molar-refractivity contribution is 4.81. The summed E-state index contributed by atoms with van der Waals surface area (Å²) in [4.78, 5) is 0. The molecule has 0 saturated carbocycles. The van der Waals surface area contributed by atoms with Crippen molar-refractivity contribution in [1.29, 1.82) is 0 Å². The Hall–Kier alpha value is -0.300. The summed E-state index contributed by atoms with van der Waals surface area (Å²) in [6, 6.07) is 0. The van der Waals surface area contributed by atoms with Crippen molar-refractivity contribution in [2.45, 2.75) is 96.5 Å². The molecule has 1 unspecified atom stereocenters. The SMILES string of the molecule is [CH2]C(O)CCCCCC/C=C\CCCCCCCC. The van der Waals surface area contributed by atoms with Crippen molar-refractivity contribution in [3.63, 3.8) is 0 Å². The molecule has 0 saturated heterocycles. The highest BCUT2D eigenvalue weighted by atomic mass is 16.3. The molecule has 0 aliphatic heterocycles. The zero-order valence-corrected chi connectivity index (χ0v) is 13.1. The van der Waals surface area contributed by atoms with E-state index in [1.54, 1.807) is 0 Å². The maximum Gasteiger partial charge on any atom is 0.0541 e. The minimum absolute atomic E-state index is 0.364. The predicted octanol–water partition coefficient (Wildman–Crippen LogP) is 5.83. The van der Waals surface area contributed by atoms with Gasteiger partial charge in [0.05, 0.1) is 6.10 Å². The fourth-order valence-electron chi connectivity index (χ4n) is 2.27. The fraction of sp³-hybridized carbons (Fsp3) is 0.833. The zero-order valence-electron chi connectivity index (χ0n) is 13.1. The number of rotatable bonds is 14. The Morgan fingerprint density at radius 3 is 1.79 bits per heavy atom. The normalized spacial score (nSPS) is 13.2. The van der Waals surface area contributed by atoms with Crippen LogP contribution in [0.4, 0.5) is 0 Å². The van der Waals surface area contributed by atoms with Crippen LogP contribution in [-0.2, 0) is 0 Å². The first-order chi connectivity index (χ1) is 9.27. The summed E-state index contributed by atoms with van der Waals surface area (Å²) in [5.74, 6) is 0. The molecule has 1 heteroatoms. The van der Waals surface area contributed by atoms with E-state index in [4.69, 9.17) is 5.11 Å². The Kier molecular flexibility index (Phi) is 15.5. The van der Waals surface area contributed by atoms with Crippen molar-refractivity contribution in [3.05, 3.63) is 19.1 Å². The van der Waals surface area contributed by atoms with Crippen molar-refractivity contribution in [2.75, 3.05) is 0 Å². The summed E-state index contributed by atoms with van der Waals surface area (Å²) in [5, 5.41) is 9.02. The van der Waals surface area contributed by atoms with E-state index in [2.05, 4.69) is 26.0 Å². The predicted molar refractivity (Wildman–Crippen MR) is 86.2 cm³/mol. The monoisotopic (exact) mass is 267 g/mol. The van der Waals surface area contributed by atoms with E-state index in [9.17, 15) is 0 Å². The Morgan fingerprint density at radius 2 is 1.26 bits per heavy atom. The Bertz CT molecular complexity index is 184. The van der Waals surface area contributed by atoms with Crippen molar-refractivity contribution in [2.24, 2.45) is 0 Å². The van der Waals surface area contributed by atoms with Gasteiger partial charge in [-0.2, -0.15) is 0 Å². The number of aliphatic hydroxyl groups excluding tert-OH is 1. The molecule has 0 aliphatic rings. The van der Waals surface area contributed by atoms with Crippen LogP contribution in [0.5, 0.6) is 0 Å². The lowest BCUT2D eigenvalue weighted by atomic mass is 10.1. The third-order valence-corrected chi connectivity index (χ3v) is 3.55. The standard InChI is InChI=1S/C18H35O/c1-3-4-5-6-7-8-9-10-11-12-13-14-15-16-17-18(2)19/h10-11,18-19H,2-9,12-17H2,1H3/b11-10-. The Balaban J connectivity index is 3.05. The van der Waals surface area contributed by atoms with Gasteiger partial charge in [0.2, 0.25) is 0 Å². The molecule has 19 heavy (non-hydrogen) atoms. The molecule has 0 aliphatic carbocycles. The first kappa shape index (κ1) is 18.7. The van der Waals surface area contributed by atoms with Crippen LogP contribution in [0.1, 0.15) is 90.4 Å². The molecule has 0 aromatic carbocycles. The summed E-state index contributed by atoms with van der Waals surface area (Å²) in [6.07, 6.45) is 21.0. The largest absolute Gasteiger partial charge is 0.393 e. The van der Waals surface area contributed by atoms with Gasteiger partial charge in [-0.1, -0.05) is 70.4 Å². The number of hydrogen-bond donors (Lipinski definition) is 1. The van der Waals surface area contributed by atoms with Gasteiger partial charge in [0.15, 0.2) is 0 Å². The van der Waals surface area contributed by atoms with Crippen molar-refractivity contribution in [1.82, 2.24) is 0 Å². The van der Waals surface area contributed by atoms with Gasteiger partial charge in [-0.25, -0.2) is 0 Å². The molecule has 1 nitrogen and oxygen atoms in total. The van der Waals surface area contributed by atoms with E-state index < -0.39 is 0 Å². The van der Waals surface area contributed by atoms with Crippen LogP contribution in [0.25, 0.3) is 0 Å². The molecule has 1 radical (unpaired) electrons. The summed E-state index contributed by atoms with van der Waals surface area (Å²) >= 11 is 0. The van der Waals surface area contributed by atoms with Gasteiger partial charge in [-0.05, 0) is 39.0 Å². The lowest BCUT2D eigenvalue weighted by molar-refractivity contribution is 0.205. The molecule has 0 fully saturated rings. The fourth-order valence-corrected chi connectivity index (χ4v) is 2.27. The molecule has 1 atom stereocenters. The van der Waals surface area contributed by atoms with Crippen LogP contribution in [-0.4, -0.2) is 11.2 Å². The van der Waals surface area contributed by atoms with Crippen molar-refractivity contribution in [3.8, 4) is 0 Å². The van der Waals surface area contributed by atoms with Gasteiger partial charge in [-0.15, -0.1) is 0 Å². The molecule has 0 aromatic rings. The van der Waals surface area contributed by atoms with E-state index in [-0.39, 0.29) is 6.10 Å². The number of unbranched alkanes of at least 4 members (excludes halogenated alkanes) is 10. The first-order valence-corrected chi connectivity index (χ1v) is 8.43. The van der Waals surface area contributed by atoms with Gasteiger partial charge < -0.3 is 5.11 Å². The molecule has 0 amide bonds. The summed E-state index contributed by atoms with van der Waals surface area (Å²) in [5.41, 5.74) is 0. The molecular weight excluding hydrogens is 232 g/mol. The third-order valence-electron chi connectivity index (χ3n) is 3.55. The molecule has 0 spiro atoms. The maximum absolute atomic E-state index is 9.02. The third kappa shape index (κ3) is 17.7. The van der Waals surface area contributed by atoms with E-state index in [0.717, 1.165) is 12.8 Å². The van der Waals surface area contributed by atoms with Crippen LogP contribution in [0, 0.1) is 6.92 Å². The lowest BCUT2D eigenvalue weighted by Crippen LogP contribution is -1.98. The summed E-state index contributed by atoms with van der Waals surface area (Å²) in [7, 11) is 0. The quantitative estimate of drug-likeness (QED) is 0.310. The first-order valence-electron chi connectivity index (χ1n) is 8.43. The second-order valence-corrected chi connectivity index (χ2v) is 5.67. The lowest BCUT2D eigenvalue weighted by Gasteiger charge is -2.02. The second kappa shape index (κ2) is 15.8. The minimum Gasteiger partial charge on any atom is -0.393 e. The molecule has 1 N–H and O–H groups in total. The number of hydrogen-bond acceptors (Lipinski definition) is 1. The highest BCUT2D eigenvalue weighted by Crippen LogP contribution is 2.09. The van der Waals surface area contributed by atoms with Gasteiger partial charge in [0.1, 0.15) is 0 Å². The molecule has 0 bridgehead atoms. The van der Waals surface area contributed by atoms with Crippen LogP contribution < -0.4 is 0 Å².